The van der Waals surface area contributed by atoms with Crippen LogP contribution in [0.2, 0.25) is 0 Å². The number of hydrogen-bond acceptors (Lipinski definition) is 1. The van der Waals surface area contributed by atoms with Crippen molar-refractivity contribution >= 4 is 0 Å². The molecule has 1 aromatic carbocycles. The Morgan fingerprint density at radius 1 is 1.05 bits per heavy atom. The molecule has 114 valence electrons. The Morgan fingerprint density at radius 2 is 1.67 bits per heavy atom. The average Bonchev–Trinajstić information content (AvgIpc) is 2.81. The van der Waals surface area contributed by atoms with Crippen LogP contribution in [0.5, 0.6) is 0 Å². The van der Waals surface area contributed by atoms with E-state index in [0.717, 1.165) is 0 Å². The molecule has 0 amide bonds. The fourth-order valence-electron chi connectivity index (χ4n) is 3.16. The average molecular weight is 284 g/mol. The molecule has 0 unspecified atom stereocenters. The normalized spacial score (nSPS) is 12.2. The fraction of sp³-hybridized carbons (Fsp3) is 0.526. The lowest BCUT2D eigenvalue weighted by Gasteiger charge is -2.27. The zero-order valence-electron chi connectivity index (χ0n) is 14.7. The van der Waals surface area contributed by atoms with Crippen molar-refractivity contribution in [3.05, 3.63) is 40.7 Å². The fourth-order valence-corrected chi connectivity index (χ4v) is 3.16. The van der Waals surface area contributed by atoms with E-state index in [1.807, 2.05) is 10.9 Å². The van der Waals surface area contributed by atoms with E-state index >= 15 is 0 Å². The zero-order chi connectivity index (χ0) is 15.9. The van der Waals surface area contributed by atoms with Crippen LogP contribution in [0.3, 0.4) is 0 Å². The number of aromatic nitrogens is 2. The van der Waals surface area contributed by atoms with Gasteiger partial charge in [-0.05, 0) is 67.9 Å². The van der Waals surface area contributed by atoms with E-state index in [9.17, 15) is 0 Å². The van der Waals surface area contributed by atoms with Gasteiger partial charge in [0.1, 0.15) is 0 Å². The lowest BCUT2D eigenvalue weighted by molar-refractivity contribution is 0.532. The van der Waals surface area contributed by atoms with Crippen molar-refractivity contribution in [3.63, 3.8) is 0 Å². The summed E-state index contributed by atoms with van der Waals surface area (Å²) in [5, 5.41) is 4.53. The van der Waals surface area contributed by atoms with Crippen LogP contribution in [0.1, 0.15) is 62.9 Å². The van der Waals surface area contributed by atoms with E-state index in [-0.39, 0.29) is 5.41 Å². The summed E-state index contributed by atoms with van der Waals surface area (Å²) in [6.07, 6.45) is 4.19. The lowest BCUT2D eigenvalue weighted by atomic mass is 9.77. The van der Waals surface area contributed by atoms with Crippen molar-refractivity contribution in [3.8, 4) is 11.1 Å². The quantitative estimate of drug-likeness (QED) is 0.726. The van der Waals surface area contributed by atoms with E-state index in [0.29, 0.717) is 6.04 Å². The molecule has 2 heteroatoms. The van der Waals surface area contributed by atoms with Gasteiger partial charge in [0.15, 0.2) is 0 Å². The van der Waals surface area contributed by atoms with Gasteiger partial charge in [-0.3, -0.25) is 4.68 Å². The Morgan fingerprint density at radius 3 is 2.14 bits per heavy atom. The summed E-state index contributed by atoms with van der Waals surface area (Å²) in [5.74, 6) is 0. The van der Waals surface area contributed by atoms with Crippen molar-refractivity contribution in [2.45, 2.75) is 66.8 Å². The highest BCUT2D eigenvalue weighted by molar-refractivity contribution is 5.74. The highest BCUT2D eigenvalue weighted by atomic mass is 15.3. The maximum Gasteiger partial charge on any atom is 0.0568 e. The van der Waals surface area contributed by atoms with Crippen LogP contribution in [0, 0.1) is 20.8 Å². The second kappa shape index (κ2) is 5.32. The molecule has 2 aromatic rings. The Balaban J connectivity index is 2.76. The molecule has 21 heavy (non-hydrogen) atoms. The predicted octanol–water partition coefficient (Wildman–Crippen LogP) is 5.35. The van der Waals surface area contributed by atoms with Gasteiger partial charge in [0.25, 0.3) is 0 Å². The minimum atomic E-state index is 0.123. The molecule has 0 aliphatic rings. The Labute approximate surface area is 129 Å². The lowest BCUT2D eigenvalue weighted by Crippen LogP contribution is -2.16. The molecule has 0 saturated carbocycles. The molecule has 0 atom stereocenters. The van der Waals surface area contributed by atoms with E-state index < -0.39 is 0 Å². The molecule has 1 heterocycles. The SMILES string of the molecule is Cc1cc(C)c(C(C)(C)C)c(-c2cnn(C(C)C)c2)c1C. The third kappa shape index (κ3) is 2.90. The van der Waals surface area contributed by atoms with Crippen LogP contribution >= 0.6 is 0 Å². The molecule has 0 radical (unpaired) electrons. The number of nitrogens with zero attached hydrogens (tertiary/aromatic N) is 2. The molecule has 2 rings (SSSR count). The molecular formula is C19H28N2. The van der Waals surface area contributed by atoms with E-state index in [4.69, 9.17) is 0 Å². The largest absolute Gasteiger partial charge is 0.270 e. The first-order chi connectivity index (χ1) is 9.62. The van der Waals surface area contributed by atoms with Crippen molar-refractivity contribution in [2.24, 2.45) is 0 Å². The maximum atomic E-state index is 4.53. The van der Waals surface area contributed by atoms with Crippen LogP contribution in [-0.2, 0) is 5.41 Å². The molecule has 0 fully saturated rings. The van der Waals surface area contributed by atoms with E-state index in [1.54, 1.807) is 0 Å². The third-order valence-electron chi connectivity index (χ3n) is 4.21. The first kappa shape index (κ1) is 15.8. The smallest absolute Gasteiger partial charge is 0.0568 e. The first-order valence-corrected chi connectivity index (χ1v) is 7.78. The second-order valence-corrected chi connectivity index (χ2v) is 7.44. The maximum absolute atomic E-state index is 4.53. The summed E-state index contributed by atoms with van der Waals surface area (Å²) in [6, 6.07) is 2.70. The van der Waals surface area contributed by atoms with Crippen molar-refractivity contribution in [1.82, 2.24) is 9.78 Å². The van der Waals surface area contributed by atoms with Crippen LogP contribution in [0.4, 0.5) is 0 Å². The van der Waals surface area contributed by atoms with E-state index in [2.05, 4.69) is 72.8 Å². The van der Waals surface area contributed by atoms with Crippen LogP contribution in [0.15, 0.2) is 18.5 Å². The number of benzene rings is 1. The molecule has 1 aromatic heterocycles. The Kier molecular flexibility index (Phi) is 4.01. The summed E-state index contributed by atoms with van der Waals surface area (Å²) in [5.41, 5.74) is 8.26. The minimum absolute atomic E-state index is 0.123. The van der Waals surface area contributed by atoms with Crippen molar-refractivity contribution < 1.29 is 0 Å². The Hall–Kier alpha value is -1.57. The van der Waals surface area contributed by atoms with Gasteiger partial charge in [0.05, 0.1) is 6.20 Å². The second-order valence-electron chi connectivity index (χ2n) is 7.44. The van der Waals surface area contributed by atoms with Crippen molar-refractivity contribution in [1.29, 1.82) is 0 Å². The molecule has 2 nitrogen and oxygen atoms in total. The number of rotatable bonds is 2. The zero-order valence-corrected chi connectivity index (χ0v) is 14.7. The number of aryl methyl sites for hydroxylation is 2. The molecule has 0 aliphatic carbocycles. The first-order valence-electron chi connectivity index (χ1n) is 7.78. The van der Waals surface area contributed by atoms with Gasteiger partial charge in [0.2, 0.25) is 0 Å². The summed E-state index contributed by atoms with van der Waals surface area (Å²) in [4.78, 5) is 0. The van der Waals surface area contributed by atoms with Gasteiger partial charge in [-0.25, -0.2) is 0 Å². The topological polar surface area (TPSA) is 17.8 Å². The van der Waals surface area contributed by atoms with Gasteiger partial charge in [-0.15, -0.1) is 0 Å². The molecule has 0 spiro atoms. The molecule has 0 saturated heterocycles. The summed E-state index contributed by atoms with van der Waals surface area (Å²) >= 11 is 0. The summed E-state index contributed by atoms with van der Waals surface area (Å²) in [7, 11) is 0. The highest BCUT2D eigenvalue weighted by Crippen LogP contribution is 2.39. The van der Waals surface area contributed by atoms with Gasteiger partial charge in [-0.2, -0.15) is 5.10 Å². The number of hydrogen-bond donors (Lipinski definition) is 0. The standard InChI is InChI=1S/C19H28N2/c1-12(2)21-11-16(10-20-21)17-15(5)13(3)9-14(4)18(17)19(6,7)8/h9-12H,1-8H3. The molecule has 0 bridgehead atoms. The molecular weight excluding hydrogens is 256 g/mol. The van der Waals surface area contributed by atoms with Gasteiger partial charge >= 0.3 is 0 Å². The van der Waals surface area contributed by atoms with Crippen LogP contribution in [0.25, 0.3) is 11.1 Å². The monoisotopic (exact) mass is 284 g/mol. The van der Waals surface area contributed by atoms with Crippen molar-refractivity contribution in [2.75, 3.05) is 0 Å². The predicted molar refractivity (Wildman–Crippen MR) is 91.0 cm³/mol. The van der Waals surface area contributed by atoms with Gasteiger partial charge < -0.3 is 0 Å². The third-order valence-corrected chi connectivity index (χ3v) is 4.21. The van der Waals surface area contributed by atoms with Crippen LogP contribution in [-0.4, -0.2) is 9.78 Å². The van der Waals surface area contributed by atoms with E-state index in [1.165, 1.54) is 33.4 Å². The van der Waals surface area contributed by atoms with Gasteiger partial charge in [-0.1, -0.05) is 26.8 Å². The highest BCUT2D eigenvalue weighted by Gasteiger charge is 2.24. The van der Waals surface area contributed by atoms with Gasteiger partial charge in [0, 0.05) is 17.8 Å². The summed E-state index contributed by atoms with van der Waals surface area (Å²) < 4.78 is 2.04. The van der Waals surface area contributed by atoms with Crippen LogP contribution < -0.4 is 0 Å². The summed E-state index contributed by atoms with van der Waals surface area (Å²) in [6.45, 7) is 17.9. The Bertz CT molecular complexity index is 655. The molecule has 0 aliphatic heterocycles. The molecule has 0 N–H and O–H groups in total. The minimum Gasteiger partial charge on any atom is -0.270 e.